The van der Waals surface area contributed by atoms with Gasteiger partial charge in [-0.1, -0.05) is 12.1 Å². The number of hydrogen-bond acceptors (Lipinski definition) is 8. The number of rotatable bonds is 10. The van der Waals surface area contributed by atoms with Crippen LogP contribution in [0.25, 0.3) is 0 Å². The van der Waals surface area contributed by atoms with Crippen LogP contribution >= 0.6 is 0 Å². The van der Waals surface area contributed by atoms with E-state index in [4.69, 9.17) is 14.2 Å². The quantitative estimate of drug-likeness (QED) is 0.400. The highest BCUT2D eigenvalue weighted by atomic mass is 32.2. The zero-order valence-electron chi connectivity index (χ0n) is 19.6. The molecule has 2 aromatic rings. The summed E-state index contributed by atoms with van der Waals surface area (Å²) in [6.07, 6.45) is 0.811. The van der Waals surface area contributed by atoms with Crippen molar-refractivity contribution in [1.82, 2.24) is 4.31 Å². The molecule has 0 amide bonds. The van der Waals surface area contributed by atoms with Gasteiger partial charge in [-0.2, -0.15) is 4.31 Å². The van der Waals surface area contributed by atoms with Gasteiger partial charge in [0.1, 0.15) is 11.5 Å². The van der Waals surface area contributed by atoms with Gasteiger partial charge in [-0.05, 0) is 44.0 Å². The molecule has 10 heteroatoms. The Balaban J connectivity index is 1.68. The zero-order chi connectivity index (χ0) is 24.7. The second-order valence-electron chi connectivity index (χ2n) is 7.80. The molecule has 184 valence electrons. The number of methoxy groups -OCH3 is 2. The van der Waals surface area contributed by atoms with Gasteiger partial charge in [0.05, 0.1) is 43.9 Å². The predicted molar refractivity (Wildman–Crippen MR) is 127 cm³/mol. The summed E-state index contributed by atoms with van der Waals surface area (Å²) in [4.78, 5) is 24.8. The number of Topliss-reactive ketones (excluding diaryl/α,β-unsaturated/α-hetero) is 1. The summed E-state index contributed by atoms with van der Waals surface area (Å²) in [5.41, 5.74) is 0.861. The lowest BCUT2D eigenvalue weighted by Gasteiger charge is -2.30. The molecule has 9 nitrogen and oxygen atoms in total. The molecule has 1 heterocycles. The van der Waals surface area contributed by atoms with Crippen LogP contribution in [0.5, 0.6) is 11.5 Å². The average Bonchev–Trinajstić information content (AvgIpc) is 2.87. The highest BCUT2D eigenvalue weighted by Gasteiger charge is 2.33. The lowest BCUT2D eigenvalue weighted by molar-refractivity contribution is -0.149. The molecule has 0 unspecified atom stereocenters. The van der Waals surface area contributed by atoms with Crippen LogP contribution in [-0.4, -0.2) is 64.9 Å². The molecule has 0 radical (unpaired) electrons. The van der Waals surface area contributed by atoms with Crippen LogP contribution in [0.15, 0.2) is 47.4 Å². The first kappa shape index (κ1) is 25.5. The molecule has 3 rings (SSSR count). The smallest absolute Gasteiger partial charge is 0.309 e. The van der Waals surface area contributed by atoms with E-state index in [9.17, 15) is 18.0 Å². The summed E-state index contributed by atoms with van der Waals surface area (Å²) in [7, 11) is -0.724. The van der Waals surface area contributed by atoms with Gasteiger partial charge in [0.2, 0.25) is 10.0 Å². The van der Waals surface area contributed by atoms with Gasteiger partial charge >= 0.3 is 5.97 Å². The molecule has 0 bridgehead atoms. The first-order chi connectivity index (χ1) is 16.3. The number of anilines is 1. The molecule has 0 saturated carbocycles. The number of benzene rings is 2. The Kier molecular flexibility index (Phi) is 8.51. The van der Waals surface area contributed by atoms with E-state index in [0.717, 1.165) is 0 Å². The largest absolute Gasteiger partial charge is 0.497 e. The molecule has 0 atom stereocenters. The van der Waals surface area contributed by atoms with Crippen molar-refractivity contribution in [2.75, 3.05) is 45.8 Å². The van der Waals surface area contributed by atoms with E-state index < -0.39 is 10.0 Å². The third-order valence-electron chi connectivity index (χ3n) is 5.71. The monoisotopic (exact) mass is 490 g/mol. The molecular weight excluding hydrogens is 460 g/mol. The van der Waals surface area contributed by atoms with Gasteiger partial charge in [-0.25, -0.2) is 8.42 Å². The fourth-order valence-corrected chi connectivity index (χ4v) is 5.32. The fourth-order valence-electron chi connectivity index (χ4n) is 3.80. The topological polar surface area (TPSA) is 111 Å². The lowest BCUT2D eigenvalue weighted by atomic mass is 9.98. The van der Waals surface area contributed by atoms with Gasteiger partial charge in [-0.3, -0.25) is 9.59 Å². The van der Waals surface area contributed by atoms with Crippen molar-refractivity contribution in [3.63, 3.8) is 0 Å². The van der Waals surface area contributed by atoms with E-state index in [1.165, 1.54) is 23.5 Å². The molecule has 0 spiro atoms. The third-order valence-corrected chi connectivity index (χ3v) is 7.61. The van der Waals surface area contributed by atoms with Gasteiger partial charge in [0, 0.05) is 24.7 Å². The Morgan fingerprint density at radius 1 is 1.06 bits per heavy atom. The number of ether oxygens (including phenoxy) is 3. The maximum Gasteiger partial charge on any atom is 0.309 e. The Bertz CT molecular complexity index is 1130. The molecule has 1 N–H and O–H groups in total. The number of hydrogen-bond donors (Lipinski definition) is 1. The molecule has 2 aromatic carbocycles. The van der Waals surface area contributed by atoms with E-state index >= 15 is 0 Å². The first-order valence-corrected chi connectivity index (χ1v) is 12.5. The second-order valence-corrected chi connectivity index (χ2v) is 9.74. The van der Waals surface area contributed by atoms with Gasteiger partial charge in [0.15, 0.2) is 5.78 Å². The van der Waals surface area contributed by atoms with Crippen molar-refractivity contribution in [3.05, 3.63) is 48.0 Å². The fraction of sp³-hybridized carbons (Fsp3) is 0.417. The van der Waals surface area contributed by atoms with E-state index in [2.05, 4.69) is 5.32 Å². The molecular formula is C24H30N2O7S. The molecule has 1 aliphatic heterocycles. The maximum absolute atomic E-state index is 13.2. The summed E-state index contributed by atoms with van der Waals surface area (Å²) >= 11 is 0. The normalized spacial score (nSPS) is 14.9. The van der Waals surface area contributed by atoms with Crippen molar-refractivity contribution >= 4 is 27.5 Å². The first-order valence-electron chi connectivity index (χ1n) is 11.1. The summed E-state index contributed by atoms with van der Waals surface area (Å²) in [5, 5.41) is 3.03. The highest BCUT2D eigenvalue weighted by Crippen LogP contribution is 2.29. The second kappa shape index (κ2) is 11.3. The van der Waals surface area contributed by atoms with Crippen molar-refractivity contribution in [2.24, 2.45) is 5.92 Å². The zero-order valence-corrected chi connectivity index (χ0v) is 20.4. The van der Waals surface area contributed by atoms with Crippen LogP contribution in [0.2, 0.25) is 0 Å². The van der Waals surface area contributed by atoms with Gasteiger partial charge in [-0.15, -0.1) is 0 Å². The predicted octanol–water partition coefficient (Wildman–Crippen LogP) is 2.96. The van der Waals surface area contributed by atoms with Crippen LogP contribution in [0.1, 0.15) is 30.1 Å². The van der Waals surface area contributed by atoms with Crippen LogP contribution in [0.4, 0.5) is 5.69 Å². The van der Waals surface area contributed by atoms with Crippen molar-refractivity contribution in [3.8, 4) is 11.5 Å². The molecule has 0 aliphatic carbocycles. The molecule has 1 aliphatic rings. The Morgan fingerprint density at radius 2 is 1.79 bits per heavy atom. The summed E-state index contributed by atoms with van der Waals surface area (Å²) in [6, 6.07) is 11.2. The minimum Gasteiger partial charge on any atom is -0.497 e. The third kappa shape index (κ3) is 5.87. The number of sulfonamides is 1. The van der Waals surface area contributed by atoms with Crippen LogP contribution in [0, 0.1) is 5.92 Å². The van der Waals surface area contributed by atoms with E-state index in [1.54, 1.807) is 44.4 Å². The van der Waals surface area contributed by atoms with Gasteiger partial charge < -0.3 is 19.5 Å². The minimum absolute atomic E-state index is 0.0481. The minimum atomic E-state index is -3.79. The van der Waals surface area contributed by atoms with Crippen molar-refractivity contribution < 1.29 is 32.2 Å². The maximum atomic E-state index is 13.2. The molecule has 1 saturated heterocycles. The Morgan fingerprint density at radius 3 is 2.44 bits per heavy atom. The van der Waals surface area contributed by atoms with E-state index in [1.807, 2.05) is 0 Å². The lowest BCUT2D eigenvalue weighted by Crippen LogP contribution is -2.40. The number of carbonyl (C=O) groups excluding carboxylic acids is 2. The van der Waals surface area contributed by atoms with Crippen molar-refractivity contribution in [1.29, 1.82) is 0 Å². The number of piperidine rings is 1. The average molecular weight is 491 g/mol. The summed E-state index contributed by atoms with van der Waals surface area (Å²) < 4.78 is 43.2. The number of ketones is 1. The Hall–Kier alpha value is -3.11. The van der Waals surface area contributed by atoms with E-state index in [-0.39, 0.29) is 47.8 Å². The highest BCUT2D eigenvalue weighted by molar-refractivity contribution is 7.89. The molecule has 34 heavy (non-hydrogen) atoms. The number of nitrogens with zero attached hydrogens (tertiary/aromatic N) is 1. The molecule has 0 aromatic heterocycles. The number of carbonyl (C=O) groups is 2. The number of nitrogens with one attached hydrogen (secondary N) is 1. The van der Waals surface area contributed by atoms with E-state index in [0.29, 0.717) is 36.6 Å². The summed E-state index contributed by atoms with van der Waals surface area (Å²) in [5.74, 6) is 0.306. The SMILES string of the molecule is CCOC(=O)C1CCN(S(=O)(=O)c2cccc(C(=O)CNc3cc(OC)ccc3OC)c2)CC1. The summed E-state index contributed by atoms with van der Waals surface area (Å²) in [6.45, 7) is 2.44. The molecule has 1 fully saturated rings. The standard InChI is InChI=1S/C24H30N2O7S/c1-4-33-24(28)17-10-12-26(13-11-17)34(29,30)20-7-5-6-18(14-20)22(27)16-25-21-15-19(31-2)8-9-23(21)32-3/h5-9,14-15,17,25H,4,10-13,16H2,1-3H3. The Labute approximate surface area is 200 Å². The van der Waals surface area contributed by atoms with Crippen molar-refractivity contribution in [2.45, 2.75) is 24.7 Å². The number of esters is 1. The van der Waals surface area contributed by atoms with Crippen LogP contribution in [0.3, 0.4) is 0 Å². The van der Waals surface area contributed by atoms with Crippen LogP contribution < -0.4 is 14.8 Å². The van der Waals surface area contributed by atoms with Gasteiger partial charge in [0.25, 0.3) is 0 Å². The van der Waals surface area contributed by atoms with Crippen LogP contribution in [-0.2, 0) is 19.6 Å².